The Morgan fingerprint density at radius 3 is 2.95 bits per heavy atom. The summed E-state index contributed by atoms with van der Waals surface area (Å²) in [7, 11) is 0. The van der Waals surface area contributed by atoms with E-state index in [1.54, 1.807) is 6.20 Å². The molecule has 0 spiro atoms. The monoisotopic (exact) mass is 302 g/mol. The number of aromatic nitrogens is 1. The zero-order valence-corrected chi connectivity index (χ0v) is 13.4. The van der Waals surface area contributed by atoms with Crippen LogP contribution in [-0.2, 0) is 9.53 Å². The molecular weight excluding hydrogens is 276 g/mol. The summed E-state index contributed by atoms with van der Waals surface area (Å²) >= 11 is 0. The van der Waals surface area contributed by atoms with E-state index in [-0.39, 0.29) is 17.9 Å². The van der Waals surface area contributed by atoms with Gasteiger partial charge in [0.05, 0.1) is 18.0 Å². The van der Waals surface area contributed by atoms with Crippen LogP contribution in [0.5, 0.6) is 0 Å². The lowest BCUT2D eigenvalue weighted by Crippen LogP contribution is -2.41. The van der Waals surface area contributed by atoms with E-state index in [9.17, 15) is 4.79 Å². The van der Waals surface area contributed by atoms with Gasteiger partial charge < -0.3 is 9.64 Å². The number of hydrogen-bond donors (Lipinski definition) is 0. The van der Waals surface area contributed by atoms with Crippen LogP contribution in [0.3, 0.4) is 0 Å². The number of ether oxygens (including phenoxy) is 1. The van der Waals surface area contributed by atoms with Gasteiger partial charge in [-0.05, 0) is 50.2 Å². The van der Waals surface area contributed by atoms with Gasteiger partial charge in [-0.25, -0.2) is 0 Å². The highest BCUT2D eigenvalue weighted by Gasteiger charge is 2.34. The fourth-order valence-corrected chi connectivity index (χ4v) is 3.24. The Balaban J connectivity index is 1.71. The zero-order chi connectivity index (χ0) is 15.4. The molecule has 22 heavy (non-hydrogen) atoms. The number of pyridine rings is 1. The van der Waals surface area contributed by atoms with Crippen molar-refractivity contribution in [3.05, 3.63) is 24.5 Å². The van der Waals surface area contributed by atoms with Gasteiger partial charge in [0.1, 0.15) is 0 Å². The molecule has 0 unspecified atom stereocenters. The van der Waals surface area contributed by atoms with Gasteiger partial charge in [0.25, 0.3) is 0 Å². The Kier molecular flexibility index (Phi) is 5.08. The molecule has 2 fully saturated rings. The standard InChI is InChI=1S/C18H26N2O2/c1-2-4-17-11-15(8-10-22-17)18(21)20(13-14-6-7-14)16-5-3-9-19-12-16/h3,5,9,12,14-15,17H,2,4,6-8,10-11,13H2,1H3/t15-,17+/m1/s1. The summed E-state index contributed by atoms with van der Waals surface area (Å²) in [5.74, 6) is 1.05. The summed E-state index contributed by atoms with van der Waals surface area (Å²) in [6.45, 7) is 3.73. The second-order valence-electron chi connectivity index (χ2n) is 6.61. The molecule has 1 aliphatic heterocycles. The second-order valence-corrected chi connectivity index (χ2v) is 6.61. The van der Waals surface area contributed by atoms with Crippen LogP contribution in [0.25, 0.3) is 0 Å². The average Bonchev–Trinajstić information content (AvgIpc) is 3.38. The molecule has 1 aromatic heterocycles. The number of anilines is 1. The van der Waals surface area contributed by atoms with Crippen LogP contribution in [0.1, 0.15) is 45.4 Å². The Hall–Kier alpha value is -1.42. The van der Waals surface area contributed by atoms with Crippen LogP contribution in [-0.4, -0.2) is 30.1 Å². The minimum absolute atomic E-state index is 0.101. The van der Waals surface area contributed by atoms with Crippen molar-refractivity contribution in [2.75, 3.05) is 18.1 Å². The molecule has 0 bridgehead atoms. The molecule has 1 amide bonds. The van der Waals surface area contributed by atoms with Crippen LogP contribution in [0, 0.1) is 11.8 Å². The van der Waals surface area contributed by atoms with Crippen molar-refractivity contribution in [2.24, 2.45) is 11.8 Å². The van der Waals surface area contributed by atoms with Gasteiger partial charge in [0.15, 0.2) is 0 Å². The van der Waals surface area contributed by atoms with Crippen molar-refractivity contribution < 1.29 is 9.53 Å². The quantitative estimate of drug-likeness (QED) is 0.808. The van der Waals surface area contributed by atoms with Crippen molar-refractivity contribution >= 4 is 11.6 Å². The Morgan fingerprint density at radius 2 is 2.27 bits per heavy atom. The van der Waals surface area contributed by atoms with Crippen molar-refractivity contribution in [1.29, 1.82) is 0 Å². The van der Waals surface area contributed by atoms with Crippen LogP contribution in [0.2, 0.25) is 0 Å². The highest BCUT2D eigenvalue weighted by atomic mass is 16.5. The van der Waals surface area contributed by atoms with Crippen LogP contribution >= 0.6 is 0 Å². The highest BCUT2D eigenvalue weighted by molar-refractivity contribution is 5.95. The number of hydrogen-bond acceptors (Lipinski definition) is 3. The molecule has 2 aliphatic rings. The van der Waals surface area contributed by atoms with Crippen molar-refractivity contribution in [3.8, 4) is 0 Å². The topological polar surface area (TPSA) is 42.4 Å². The van der Waals surface area contributed by atoms with Crippen molar-refractivity contribution in [1.82, 2.24) is 4.98 Å². The van der Waals surface area contributed by atoms with Gasteiger partial charge >= 0.3 is 0 Å². The van der Waals surface area contributed by atoms with Crippen molar-refractivity contribution in [3.63, 3.8) is 0 Å². The van der Waals surface area contributed by atoms with Crippen molar-refractivity contribution in [2.45, 2.75) is 51.6 Å². The first-order valence-electron chi connectivity index (χ1n) is 8.61. The minimum Gasteiger partial charge on any atom is -0.378 e. The lowest BCUT2D eigenvalue weighted by Gasteiger charge is -2.33. The average molecular weight is 302 g/mol. The molecule has 0 radical (unpaired) electrons. The summed E-state index contributed by atoms with van der Waals surface area (Å²) in [5.41, 5.74) is 0.943. The highest BCUT2D eigenvalue weighted by Crippen LogP contribution is 2.33. The molecule has 0 N–H and O–H groups in total. The van der Waals surface area contributed by atoms with E-state index in [4.69, 9.17) is 4.74 Å². The van der Waals surface area contributed by atoms with Crippen LogP contribution in [0.15, 0.2) is 24.5 Å². The first kappa shape index (κ1) is 15.5. The molecular formula is C18H26N2O2. The molecule has 1 saturated carbocycles. The van der Waals surface area contributed by atoms with E-state index in [0.717, 1.165) is 37.9 Å². The third-order valence-corrected chi connectivity index (χ3v) is 4.69. The number of nitrogens with zero attached hydrogens (tertiary/aromatic N) is 2. The summed E-state index contributed by atoms with van der Waals surface area (Å²) in [6, 6.07) is 3.91. The number of carbonyl (C=O) groups is 1. The molecule has 3 rings (SSSR count). The summed E-state index contributed by atoms with van der Waals surface area (Å²) in [6.07, 6.45) is 10.2. The van der Waals surface area contributed by atoms with E-state index >= 15 is 0 Å². The van der Waals surface area contributed by atoms with Gasteiger partial charge in [-0.2, -0.15) is 0 Å². The Morgan fingerprint density at radius 1 is 1.41 bits per heavy atom. The lowest BCUT2D eigenvalue weighted by molar-refractivity contribution is -0.127. The summed E-state index contributed by atoms with van der Waals surface area (Å²) in [4.78, 5) is 19.2. The fraction of sp³-hybridized carbons (Fsp3) is 0.667. The SMILES string of the molecule is CCC[C@H]1C[C@H](C(=O)N(CC2CC2)c2cccnc2)CCO1. The lowest BCUT2D eigenvalue weighted by atomic mass is 9.92. The van der Waals surface area contributed by atoms with Gasteiger partial charge in [-0.3, -0.25) is 9.78 Å². The van der Waals surface area contributed by atoms with Gasteiger partial charge in [0.2, 0.25) is 5.91 Å². The van der Waals surface area contributed by atoms with E-state index in [1.165, 1.54) is 12.8 Å². The molecule has 4 nitrogen and oxygen atoms in total. The first-order chi connectivity index (χ1) is 10.8. The van der Waals surface area contributed by atoms with E-state index < -0.39 is 0 Å². The minimum atomic E-state index is 0.101. The molecule has 2 atom stereocenters. The normalized spacial score (nSPS) is 25.0. The smallest absolute Gasteiger partial charge is 0.230 e. The largest absolute Gasteiger partial charge is 0.378 e. The summed E-state index contributed by atoms with van der Waals surface area (Å²) < 4.78 is 5.79. The molecule has 1 aromatic rings. The first-order valence-corrected chi connectivity index (χ1v) is 8.61. The van der Waals surface area contributed by atoms with E-state index in [0.29, 0.717) is 12.5 Å². The second kappa shape index (κ2) is 7.23. The molecule has 4 heteroatoms. The fourth-order valence-electron chi connectivity index (χ4n) is 3.24. The van der Waals surface area contributed by atoms with Gasteiger partial charge in [-0.1, -0.05) is 13.3 Å². The van der Waals surface area contributed by atoms with Crippen LogP contribution < -0.4 is 4.90 Å². The molecule has 1 aliphatic carbocycles. The third-order valence-electron chi connectivity index (χ3n) is 4.69. The number of rotatable bonds is 6. The Labute approximate surface area is 132 Å². The summed E-state index contributed by atoms with van der Waals surface area (Å²) in [5, 5.41) is 0. The molecule has 2 heterocycles. The van der Waals surface area contributed by atoms with Crippen LogP contribution in [0.4, 0.5) is 5.69 Å². The predicted molar refractivity (Wildman–Crippen MR) is 86.7 cm³/mol. The predicted octanol–water partition coefficient (Wildman–Crippen LogP) is 3.42. The maximum absolute atomic E-state index is 13.1. The number of carbonyl (C=O) groups excluding carboxylic acids is 1. The third kappa shape index (κ3) is 3.86. The molecule has 120 valence electrons. The molecule has 1 saturated heterocycles. The van der Waals surface area contributed by atoms with Gasteiger partial charge in [0, 0.05) is 25.3 Å². The maximum atomic E-state index is 13.1. The maximum Gasteiger partial charge on any atom is 0.230 e. The zero-order valence-electron chi connectivity index (χ0n) is 13.4. The van der Waals surface area contributed by atoms with Gasteiger partial charge in [-0.15, -0.1) is 0 Å². The molecule has 0 aromatic carbocycles. The Bertz CT molecular complexity index is 485. The number of amides is 1. The van der Waals surface area contributed by atoms with E-state index in [1.807, 2.05) is 23.2 Å². The van der Waals surface area contributed by atoms with E-state index in [2.05, 4.69) is 11.9 Å².